The molecule has 0 bridgehead atoms. The van der Waals surface area contributed by atoms with Gasteiger partial charge in [0.15, 0.2) is 0 Å². The van der Waals surface area contributed by atoms with Gasteiger partial charge in [0, 0.05) is 18.6 Å². The van der Waals surface area contributed by atoms with Gasteiger partial charge in [-0.1, -0.05) is 30.3 Å². The lowest BCUT2D eigenvalue weighted by atomic mass is 10.1. The van der Waals surface area contributed by atoms with E-state index < -0.39 is 11.9 Å². The Morgan fingerprint density at radius 2 is 1.94 bits per heavy atom. The predicted molar refractivity (Wildman–Crippen MR) is 62.5 cm³/mol. The molecule has 1 atom stereocenters. The zero-order valence-electron chi connectivity index (χ0n) is 9.50. The first kappa shape index (κ1) is 13.0. The number of aliphatic carboxylic acids is 1. The number of rotatable bonds is 5. The zero-order valence-corrected chi connectivity index (χ0v) is 9.50. The van der Waals surface area contributed by atoms with Crippen LogP contribution in [0.5, 0.6) is 0 Å². The van der Waals surface area contributed by atoms with E-state index >= 15 is 0 Å². The number of hydrogen-bond donors (Lipinski definition) is 1. The van der Waals surface area contributed by atoms with Crippen LogP contribution in [-0.4, -0.2) is 23.1 Å². The summed E-state index contributed by atoms with van der Waals surface area (Å²) in [6, 6.07) is 9.62. The minimum atomic E-state index is -1.17. The fourth-order valence-corrected chi connectivity index (χ4v) is 1.36. The van der Waals surface area contributed by atoms with E-state index in [0.717, 1.165) is 17.7 Å². The third kappa shape index (κ3) is 5.51. The Balaban J connectivity index is 2.42. The lowest BCUT2D eigenvalue weighted by molar-refractivity contribution is -0.142. The molecule has 4 nitrogen and oxygen atoms in total. The molecule has 1 N–H and O–H groups in total. The van der Waals surface area contributed by atoms with Gasteiger partial charge in [-0.05, 0) is 12.5 Å². The molecule has 90 valence electrons. The molecule has 4 heteroatoms. The van der Waals surface area contributed by atoms with Crippen molar-refractivity contribution < 1.29 is 19.4 Å². The number of carbonyl (C=O) groups is 2. The number of esters is 1. The van der Waals surface area contributed by atoms with Crippen LogP contribution in [0.15, 0.2) is 42.5 Å². The Kier molecular flexibility index (Phi) is 4.94. The van der Waals surface area contributed by atoms with Crippen LogP contribution in [0.2, 0.25) is 0 Å². The number of ether oxygens (including phenoxy) is 1. The van der Waals surface area contributed by atoms with Gasteiger partial charge in [0.05, 0.1) is 0 Å². The van der Waals surface area contributed by atoms with Crippen molar-refractivity contribution in [2.24, 2.45) is 0 Å². The van der Waals surface area contributed by atoms with Crippen molar-refractivity contribution in [3.05, 3.63) is 48.0 Å². The van der Waals surface area contributed by atoms with Crippen LogP contribution in [0.1, 0.15) is 12.5 Å². The molecule has 1 aromatic rings. The van der Waals surface area contributed by atoms with Crippen molar-refractivity contribution in [2.75, 3.05) is 0 Å². The Morgan fingerprint density at radius 1 is 1.29 bits per heavy atom. The molecular formula is C13H14O4. The molecule has 0 aliphatic rings. The highest BCUT2D eigenvalue weighted by atomic mass is 16.5. The summed E-state index contributed by atoms with van der Waals surface area (Å²) in [6.45, 7) is 1.76. The van der Waals surface area contributed by atoms with E-state index in [1.807, 2.05) is 30.3 Å². The molecule has 0 aliphatic heterocycles. The van der Waals surface area contributed by atoms with Crippen LogP contribution in [0, 0.1) is 0 Å². The quantitative estimate of drug-likeness (QED) is 0.623. The van der Waals surface area contributed by atoms with Crippen LogP contribution in [0.4, 0.5) is 0 Å². The van der Waals surface area contributed by atoms with Gasteiger partial charge in [0.2, 0.25) is 0 Å². The van der Waals surface area contributed by atoms with Crippen LogP contribution in [0.25, 0.3) is 0 Å². The van der Waals surface area contributed by atoms with Crippen LogP contribution in [-0.2, 0) is 20.7 Å². The monoisotopic (exact) mass is 234 g/mol. The third-order valence-electron chi connectivity index (χ3n) is 2.05. The molecule has 1 aromatic carbocycles. The van der Waals surface area contributed by atoms with E-state index in [4.69, 9.17) is 9.84 Å². The highest BCUT2D eigenvalue weighted by Crippen LogP contribution is 2.05. The van der Waals surface area contributed by atoms with Gasteiger partial charge in [-0.2, -0.15) is 0 Å². The summed E-state index contributed by atoms with van der Waals surface area (Å²) >= 11 is 0. The smallest absolute Gasteiger partial charge is 0.331 e. The standard InChI is InChI=1S/C13H14O4/c1-10(9-11-5-3-2-4-6-11)17-13(16)8-7-12(14)15/h2-8,10H,9H2,1H3,(H,14,15). The SMILES string of the molecule is CC(Cc1ccccc1)OC(=O)C=CC(=O)O. The summed E-state index contributed by atoms with van der Waals surface area (Å²) in [4.78, 5) is 21.4. The zero-order chi connectivity index (χ0) is 12.7. The van der Waals surface area contributed by atoms with Crippen molar-refractivity contribution in [1.29, 1.82) is 0 Å². The predicted octanol–water partition coefficient (Wildman–Crippen LogP) is 1.80. The maximum atomic E-state index is 11.2. The number of carbonyl (C=O) groups excluding carboxylic acids is 1. The molecule has 0 spiro atoms. The van der Waals surface area contributed by atoms with Crippen molar-refractivity contribution in [3.8, 4) is 0 Å². The first-order chi connectivity index (χ1) is 8.08. The molecule has 17 heavy (non-hydrogen) atoms. The van der Waals surface area contributed by atoms with Gasteiger partial charge in [-0.15, -0.1) is 0 Å². The average molecular weight is 234 g/mol. The van der Waals surface area contributed by atoms with Crippen LogP contribution < -0.4 is 0 Å². The molecule has 1 unspecified atom stereocenters. The van der Waals surface area contributed by atoms with E-state index in [1.54, 1.807) is 6.92 Å². The normalized spacial score (nSPS) is 12.3. The molecule has 0 saturated carbocycles. The summed E-state index contributed by atoms with van der Waals surface area (Å²) in [5.41, 5.74) is 1.06. The number of carboxylic acid groups (broad SMARTS) is 1. The van der Waals surface area contributed by atoms with E-state index in [-0.39, 0.29) is 6.10 Å². The van der Waals surface area contributed by atoms with E-state index in [1.165, 1.54) is 0 Å². The molecule has 0 heterocycles. The minimum Gasteiger partial charge on any atom is -0.478 e. The minimum absolute atomic E-state index is 0.289. The van der Waals surface area contributed by atoms with Gasteiger partial charge in [0.1, 0.15) is 6.10 Å². The Bertz CT molecular complexity index is 409. The summed E-state index contributed by atoms with van der Waals surface area (Å²) in [6.07, 6.45) is 1.98. The molecule has 0 fully saturated rings. The second-order valence-electron chi connectivity index (χ2n) is 3.61. The van der Waals surface area contributed by atoms with Crippen LogP contribution >= 0.6 is 0 Å². The van der Waals surface area contributed by atoms with Gasteiger partial charge < -0.3 is 9.84 Å². The second kappa shape index (κ2) is 6.48. The lowest BCUT2D eigenvalue weighted by Crippen LogP contribution is -2.15. The topological polar surface area (TPSA) is 63.6 Å². The summed E-state index contributed by atoms with van der Waals surface area (Å²) in [7, 11) is 0. The van der Waals surface area contributed by atoms with Crippen molar-refractivity contribution in [1.82, 2.24) is 0 Å². The lowest BCUT2D eigenvalue weighted by Gasteiger charge is -2.11. The summed E-state index contributed by atoms with van der Waals surface area (Å²) in [5, 5.41) is 8.34. The molecule has 1 rings (SSSR count). The summed E-state index contributed by atoms with van der Waals surface area (Å²) < 4.78 is 5.02. The van der Waals surface area contributed by atoms with Gasteiger partial charge >= 0.3 is 11.9 Å². The highest BCUT2D eigenvalue weighted by Gasteiger charge is 2.07. The first-order valence-corrected chi connectivity index (χ1v) is 5.23. The van der Waals surface area contributed by atoms with Crippen molar-refractivity contribution >= 4 is 11.9 Å². The maximum Gasteiger partial charge on any atom is 0.331 e. The molecule has 0 amide bonds. The molecule has 0 saturated heterocycles. The van der Waals surface area contributed by atoms with Gasteiger partial charge in [0.25, 0.3) is 0 Å². The summed E-state index contributed by atoms with van der Waals surface area (Å²) in [5.74, 6) is -1.81. The number of carboxylic acids is 1. The second-order valence-corrected chi connectivity index (χ2v) is 3.61. The van der Waals surface area contributed by atoms with Crippen LogP contribution in [0.3, 0.4) is 0 Å². The Labute approximate surface area is 99.5 Å². The molecular weight excluding hydrogens is 220 g/mol. The Hall–Kier alpha value is -2.10. The van der Waals surface area contributed by atoms with E-state index in [0.29, 0.717) is 6.42 Å². The maximum absolute atomic E-state index is 11.2. The number of hydrogen-bond acceptors (Lipinski definition) is 3. The van der Waals surface area contributed by atoms with Crippen molar-refractivity contribution in [3.63, 3.8) is 0 Å². The molecule has 0 aliphatic carbocycles. The van der Waals surface area contributed by atoms with Crippen molar-refractivity contribution in [2.45, 2.75) is 19.4 Å². The van der Waals surface area contributed by atoms with Gasteiger partial charge in [-0.3, -0.25) is 0 Å². The highest BCUT2D eigenvalue weighted by molar-refractivity contribution is 5.90. The molecule has 0 aromatic heterocycles. The van der Waals surface area contributed by atoms with E-state index in [9.17, 15) is 9.59 Å². The number of benzene rings is 1. The average Bonchev–Trinajstić information content (AvgIpc) is 2.27. The largest absolute Gasteiger partial charge is 0.478 e. The fraction of sp³-hybridized carbons (Fsp3) is 0.231. The molecule has 0 radical (unpaired) electrons. The van der Waals surface area contributed by atoms with E-state index in [2.05, 4.69) is 0 Å². The Morgan fingerprint density at radius 3 is 2.53 bits per heavy atom. The third-order valence-corrected chi connectivity index (χ3v) is 2.05. The fourth-order valence-electron chi connectivity index (χ4n) is 1.36. The first-order valence-electron chi connectivity index (χ1n) is 5.23. The van der Waals surface area contributed by atoms with Gasteiger partial charge in [-0.25, -0.2) is 9.59 Å².